The lowest BCUT2D eigenvalue weighted by molar-refractivity contribution is 0.100. The lowest BCUT2D eigenvalue weighted by Crippen LogP contribution is -1.99. The van der Waals surface area contributed by atoms with Gasteiger partial charge in [-0.3, -0.25) is 4.79 Å². The molecule has 0 amide bonds. The molecular formula is C11H12O2. The molecule has 1 heterocycles. The van der Waals surface area contributed by atoms with Crippen molar-refractivity contribution in [3.8, 4) is 0 Å². The zero-order chi connectivity index (χ0) is 9.26. The van der Waals surface area contributed by atoms with Gasteiger partial charge in [-0.15, -0.1) is 0 Å². The molecule has 2 rings (SSSR count). The van der Waals surface area contributed by atoms with Gasteiger partial charge in [0, 0.05) is 0 Å². The topological polar surface area (TPSA) is 30.2 Å². The average molecular weight is 176 g/mol. The van der Waals surface area contributed by atoms with Crippen LogP contribution in [0.2, 0.25) is 0 Å². The van der Waals surface area contributed by atoms with E-state index >= 15 is 0 Å². The molecule has 1 aliphatic rings. The van der Waals surface area contributed by atoms with E-state index in [1.54, 1.807) is 6.07 Å². The summed E-state index contributed by atoms with van der Waals surface area (Å²) in [6.07, 6.45) is 5.04. The highest BCUT2D eigenvalue weighted by molar-refractivity contribution is 6.07. The average Bonchev–Trinajstić information content (AvgIpc) is 2.72. The Bertz CT molecular complexity index is 358. The lowest BCUT2D eigenvalue weighted by atomic mass is 10.1. The molecular weight excluding hydrogens is 164 g/mol. The van der Waals surface area contributed by atoms with Gasteiger partial charge in [0.15, 0.2) is 5.76 Å². The Morgan fingerprint density at radius 3 is 2.85 bits per heavy atom. The number of carbonyl (C=O) groups is 1. The molecule has 0 saturated carbocycles. The third-order valence-electron chi connectivity index (χ3n) is 2.30. The van der Waals surface area contributed by atoms with Crippen LogP contribution in [0.5, 0.6) is 0 Å². The summed E-state index contributed by atoms with van der Waals surface area (Å²) in [4.78, 5) is 11.7. The molecule has 0 aromatic carbocycles. The molecule has 0 radical (unpaired) electrons. The van der Waals surface area contributed by atoms with Crippen LogP contribution in [0, 0.1) is 6.92 Å². The fraction of sp³-hybridized carbons (Fsp3) is 0.364. The third kappa shape index (κ3) is 1.57. The Labute approximate surface area is 77.2 Å². The van der Waals surface area contributed by atoms with Gasteiger partial charge in [-0.1, -0.05) is 6.08 Å². The summed E-state index contributed by atoms with van der Waals surface area (Å²) in [5, 5.41) is 0. The maximum absolute atomic E-state index is 11.7. The first kappa shape index (κ1) is 8.30. The van der Waals surface area contributed by atoms with Crippen molar-refractivity contribution in [1.29, 1.82) is 0 Å². The van der Waals surface area contributed by atoms with Crippen molar-refractivity contribution in [2.75, 3.05) is 0 Å². The van der Waals surface area contributed by atoms with E-state index in [9.17, 15) is 4.79 Å². The zero-order valence-corrected chi connectivity index (χ0v) is 7.67. The molecule has 1 aromatic heterocycles. The maximum Gasteiger partial charge on any atom is 0.223 e. The molecule has 1 aromatic rings. The van der Waals surface area contributed by atoms with E-state index in [1.807, 2.05) is 19.1 Å². The van der Waals surface area contributed by atoms with Crippen LogP contribution in [0.15, 0.2) is 28.2 Å². The molecule has 13 heavy (non-hydrogen) atoms. The van der Waals surface area contributed by atoms with E-state index in [0.29, 0.717) is 5.76 Å². The molecule has 2 heteroatoms. The lowest BCUT2D eigenvalue weighted by Gasteiger charge is -1.96. The third-order valence-corrected chi connectivity index (χ3v) is 2.30. The van der Waals surface area contributed by atoms with Gasteiger partial charge in [-0.05, 0) is 43.9 Å². The summed E-state index contributed by atoms with van der Waals surface area (Å²) in [5.74, 6) is 1.33. The first-order valence-corrected chi connectivity index (χ1v) is 4.57. The Morgan fingerprint density at radius 1 is 1.46 bits per heavy atom. The van der Waals surface area contributed by atoms with Crippen LogP contribution < -0.4 is 0 Å². The van der Waals surface area contributed by atoms with Crippen LogP contribution in [0.25, 0.3) is 0 Å². The van der Waals surface area contributed by atoms with E-state index in [2.05, 4.69) is 0 Å². The predicted molar refractivity (Wildman–Crippen MR) is 49.7 cm³/mol. The summed E-state index contributed by atoms with van der Waals surface area (Å²) in [5.41, 5.74) is 0.911. The molecule has 0 N–H and O–H groups in total. The minimum absolute atomic E-state index is 0.0607. The Hall–Kier alpha value is -1.31. The highest BCUT2D eigenvalue weighted by atomic mass is 16.3. The largest absolute Gasteiger partial charge is 0.458 e. The number of ketones is 1. The molecule has 0 fully saturated rings. The van der Waals surface area contributed by atoms with Crippen molar-refractivity contribution in [3.63, 3.8) is 0 Å². The van der Waals surface area contributed by atoms with Crippen LogP contribution in [-0.2, 0) is 0 Å². The van der Waals surface area contributed by atoms with Crippen molar-refractivity contribution in [2.24, 2.45) is 0 Å². The molecule has 0 bridgehead atoms. The van der Waals surface area contributed by atoms with Gasteiger partial charge in [0.1, 0.15) is 5.76 Å². The number of rotatable bonds is 2. The highest BCUT2D eigenvalue weighted by Gasteiger charge is 2.17. The van der Waals surface area contributed by atoms with Crippen molar-refractivity contribution < 1.29 is 9.21 Å². The minimum atomic E-state index is 0.0607. The first-order chi connectivity index (χ1) is 6.27. The Morgan fingerprint density at radius 2 is 2.31 bits per heavy atom. The first-order valence-electron chi connectivity index (χ1n) is 4.57. The van der Waals surface area contributed by atoms with E-state index in [4.69, 9.17) is 4.42 Å². The van der Waals surface area contributed by atoms with Crippen molar-refractivity contribution in [2.45, 2.75) is 26.2 Å². The van der Waals surface area contributed by atoms with Crippen LogP contribution in [0.1, 0.15) is 35.6 Å². The van der Waals surface area contributed by atoms with Gasteiger partial charge in [0.2, 0.25) is 5.78 Å². The predicted octanol–water partition coefficient (Wildman–Crippen LogP) is 2.88. The van der Waals surface area contributed by atoms with Gasteiger partial charge < -0.3 is 4.42 Å². The molecule has 0 aliphatic heterocycles. The second-order valence-corrected chi connectivity index (χ2v) is 3.36. The normalized spacial score (nSPS) is 15.9. The molecule has 2 nitrogen and oxygen atoms in total. The quantitative estimate of drug-likeness (QED) is 0.648. The van der Waals surface area contributed by atoms with E-state index in [-0.39, 0.29) is 5.78 Å². The summed E-state index contributed by atoms with van der Waals surface area (Å²) in [6.45, 7) is 1.85. The SMILES string of the molecule is Cc1ccc(C(=O)C2=CCCC2)o1. The molecule has 0 unspecified atom stereocenters. The summed E-state index contributed by atoms with van der Waals surface area (Å²) in [7, 11) is 0. The maximum atomic E-state index is 11.7. The zero-order valence-electron chi connectivity index (χ0n) is 7.67. The number of Topliss-reactive ketones (excluding diaryl/α,β-unsaturated/α-hetero) is 1. The molecule has 0 saturated heterocycles. The van der Waals surface area contributed by atoms with E-state index in [1.165, 1.54) is 0 Å². The minimum Gasteiger partial charge on any atom is -0.458 e. The smallest absolute Gasteiger partial charge is 0.223 e. The molecule has 0 atom stereocenters. The van der Waals surface area contributed by atoms with Gasteiger partial charge in [0.25, 0.3) is 0 Å². The second kappa shape index (κ2) is 3.21. The summed E-state index contributed by atoms with van der Waals surface area (Å²) < 4.78 is 5.27. The van der Waals surface area contributed by atoms with Gasteiger partial charge >= 0.3 is 0 Å². The number of carbonyl (C=O) groups excluding carboxylic acids is 1. The Kier molecular flexibility index (Phi) is 2.05. The number of hydrogen-bond acceptors (Lipinski definition) is 2. The standard InChI is InChI=1S/C11H12O2/c1-8-6-7-10(13-8)11(12)9-4-2-3-5-9/h4,6-7H,2-3,5H2,1H3. The van der Waals surface area contributed by atoms with Crippen LogP contribution >= 0.6 is 0 Å². The fourth-order valence-corrected chi connectivity index (χ4v) is 1.59. The molecule has 68 valence electrons. The van der Waals surface area contributed by atoms with Gasteiger partial charge in [-0.25, -0.2) is 0 Å². The van der Waals surface area contributed by atoms with Crippen LogP contribution in [0.3, 0.4) is 0 Å². The molecule has 1 aliphatic carbocycles. The van der Waals surface area contributed by atoms with Crippen LogP contribution in [-0.4, -0.2) is 5.78 Å². The van der Waals surface area contributed by atoms with Crippen LogP contribution in [0.4, 0.5) is 0 Å². The second-order valence-electron chi connectivity index (χ2n) is 3.36. The van der Waals surface area contributed by atoms with E-state index < -0.39 is 0 Å². The van der Waals surface area contributed by atoms with Gasteiger partial charge in [0.05, 0.1) is 0 Å². The van der Waals surface area contributed by atoms with Gasteiger partial charge in [-0.2, -0.15) is 0 Å². The summed E-state index contributed by atoms with van der Waals surface area (Å²) >= 11 is 0. The number of furan rings is 1. The highest BCUT2D eigenvalue weighted by Crippen LogP contribution is 2.22. The fourth-order valence-electron chi connectivity index (χ4n) is 1.59. The van der Waals surface area contributed by atoms with Crippen molar-refractivity contribution in [1.82, 2.24) is 0 Å². The number of allylic oxidation sites excluding steroid dienone is 2. The van der Waals surface area contributed by atoms with Crippen molar-refractivity contribution in [3.05, 3.63) is 35.3 Å². The number of aryl methyl sites for hydroxylation is 1. The Balaban J connectivity index is 2.22. The van der Waals surface area contributed by atoms with E-state index in [0.717, 1.165) is 30.6 Å². The number of hydrogen-bond donors (Lipinski definition) is 0. The monoisotopic (exact) mass is 176 g/mol. The summed E-state index contributed by atoms with van der Waals surface area (Å²) in [6, 6.07) is 3.57. The van der Waals surface area contributed by atoms with Crippen molar-refractivity contribution >= 4 is 5.78 Å². The molecule has 0 spiro atoms.